The van der Waals surface area contributed by atoms with E-state index in [1.165, 1.54) is 7.11 Å². The fourth-order valence-corrected chi connectivity index (χ4v) is 2.02. The van der Waals surface area contributed by atoms with Gasteiger partial charge in [-0.1, -0.05) is 24.3 Å². The first-order valence-corrected chi connectivity index (χ1v) is 7.14. The van der Waals surface area contributed by atoms with Crippen molar-refractivity contribution in [3.8, 4) is 0 Å². The lowest BCUT2D eigenvalue weighted by Crippen LogP contribution is -2.31. The summed E-state index contributed by atoms with van der Waals surface area (Å²) in [6.45, 7) is -0.104. The third-order valence-corrected chi connectivity index (χ3v) is 3.16. The lowest BCUT2D eigenvalue weighted by atomic mass is 10.0. The van der Waals surface area contributed by atoms with Gasteiger partial charge in [0.05, 0.1) is 18.7 Å². The highest BCUT2D eigenvalue weighted by Crippen LogP contribution is 2.20. The fourth-order valence-electron chi connectivity index (χ4n) is 1.65. The molecule has 0 radical (unpaired) electrons. The highest BCUT2D eigenvalue weighted by Gasteiger charge is 2.19. The SMILES string of the molecule is COC(c1ccc(CN[S+](C)[O-])cc1)C(N)CF. The van der Waals surface area contributed by atoms with Gasteiger partial charge in [0.1, 0.15) is 12.9 Å². The van der Waals surface area contributed by atoms with Gasteiger partial charge in [0.2, 0.25) is 0 Å². The van der Waals surface area contributed by atoms with Crippen LogP contribution in [0, 0.1) is 0 Å². The van der Waals surface area contributed by atoms with Crippen LogP contribution < -0.4 is 10.5 Å². The van der Waals surface area contributed by atoms with Gasteiger partial charge < -0.3 is 15.0 Å². The molecule has 18 heavy (non-hydrogen) atoms. The molecule has 0 fully saturated rings. The largest absolute Gasteiger partial charge is 0.598 e. The monoisotopic (exact) mass is 274 g/mol. The van der Waals surface area contributed by atoms with Crippen molar-refractivity contribution in [2.24, 2.45) is 5.73 Å². The van der Waals surface area contributed by atoms with Gasteiger partial charge >= 0.3 is 0 Å². The topological polar surface area (TPSA) is 70.3 Å². The van der Waals surface area contributed by atoms with Gasteiger partial charge in [0.15, 0.2) is 0 Å². The summed E-state index contributed by atoms with van der Waals surface area (Å²) < 4.78 is 31.5. The van der Waals surface area contributed by atoms with Crippen molar-refractivity contribution in [2.75, 3.05) is 20.0 Å². The third kappa shape index (κ3) is 4.55. The Morgan fingerprint density at radius 1 is 1.44 bits per heavy atom. The number of rotatable bonds is 7. The summed E-state index contributed by atoms with van der Waals surface area (Å²) in [6, 6.07) is 6.79. The van der Waals surface area contributed by atoms with E-state index in [1.54, 1.807) is 6.26 Å². The Morgan fingerprint density at radius 3 is 2.50 bits per heavy atom. The number of halogens is 1. The van der Waals surface area contributed by atoms with Crippen molar-refractivity contribution in [1.82, 2.24) is 4.72 Å². The number of benzene rings is 1. The van der Waals surface area contributed by atoms with Crippen molar-refractivity contribution in [3.05, 3.63) is 35.4 Å². The van der Waals surface area contributed by atoms with E-state index in [1.807, 2.05) is 24.3 Å². The molecule has 3 unspecified atom stereocenters. The van der Waals surface area contributed by atoms with Crippen LogP contribution in [0.15, 0.2) is 24.3 Å². The van der Waals surface area contributed by atoms with Gasteiger partial charge in [-0.3, -0.25) is 0 Å². The minimum atomic E-state index is -1.03. The molecular weight excluding hydrogens is 255 g/mol. The molecule has 0 heterocycles. The zero-order chi connectivity index (χ0) is 13.5. The van der Waals surface area contributed by atoms with E-state index >= 15 is 0 Å². The predicted octanol–water partition coefficient (Wildman–Crippen LogP) is 1.05. The van der Waals surface area contributed by atoms with Gasteiger partial charge in [-0.25, -0.2) is 4.39 Å². The van der Waals surface area contributed by atoms with E-state index in [0.29, 0.717) is 6.54 Å². The maximum absolute atomic E-state index is 12.5. The third-order valence-electron chi connectivity index (χ3n) is 2.61. The van der Waals surface area contributed by atoms with Gasteiger partial charge in [-0.05, 0) is 11.1 Å². The van der Waals surface area contributed by atoms with Gasteiger partial charge in [0, 0.05) is 18.5 Å². The van der Waals surface area contributed by atoms with Crippen molar-refractivity contribution >= 4 is 11.4 Å². The Kier molecular flexibility index (Phi) is 6.59. The van der Waals surface area contributed by atoms with Crippen molar-refractivity contribution in [2.45, 2.75) is 18.7 Å². The number of methoxy groups -OCH3 is 1. The molecule has 0 amide bonds. The van der Waals surface area contributed by atoms with Gasteiger partial charge in [0.25, 0.3) is 0 Å². The summed E-state index contributed by atoms with van der Waals surface area (Å²) in [5.74, 6) is 0. The van der Waals surface area contributed by atoms with Crippen LogP contribution in [0.1, 0.15) is 17.2 Å². The zero-order valence-electron chi connectivity index (χ0n) is 10.6. The summed E-state index contributed by atoms with van der Waals surface area (Å²) in [7, 11) is 1.51. The van der Waals surface area contributed by atoms with E-state index in [0.717, 1.165) is 11.1 Å². The first-order chi connectivity index (χ1) is 8.58. The molecule has 0 saturated carbocycles. The molecule has 6 heteroatoms. The van der Waals surface area contributed by atoms with Crippen LogP contribution in [-0.4, -0.2) is 30.6 Å². The molecule has 0 aliphatic rings. The number of alkyl halides is 1. The van der Waals surface area contributed by atoms with E-state index < -0.39 is 30.2 Å². The highest BCUT2D eigenvalue weighted by molar-refractivity contribution is 7.88. The molecule has 102 valence electrons. The number of nitrogens with two attached hydrogens (primary N) is 1. The average Bonchev–Trinajstić information content (AvgIpc) is 2.38. The van der Waals surface area contributed by atoms with Crippen molar-refractivity contribution < 1.29 is 13.7 Å². The lowest BCUT2D eigenvalue weighted by molar-refractivity contribution is 0.0720. The molecule has 1 aromatic carbocycles. The molecule has 1 rings (SSSR count). The Bertz CT molecular complexity index is 348. The second-order valence-electron chi connectivity index (χ2n) is 3.99. The van der Waals surface area contributed by atoms with Crippen LogP contribution in [-0.2, 0) is 22.6 Å². The maximum Gasteiger partial charge on any atom is 0.115 e. The van der Waals surface area contributed by atoms with Crippen LogP contribution in [0.5, 0.6) is 0 Å². The fraction of sp³-hybridized carbons (Fsp3) is 0.500. The quantitative estimate of drug-likeness (QED) is 0.729. The van der Waals surface area contributed by atoms with Crippen molar-refractivity contribution in [1.29, 1.82) is 0 Å². The normalized spacial score (nSPS) is 16.3. The molecule has 0 aliphatic carbocycles. The van der Waals surface area contributed by atoms with Gasteiger partial charge in [-0.15, -0.1) is 4.72 Å². The molecule has 3 atom stereocenters. The Hall–Kier alpha value is -0.660. The minimum Gasteiger partial charge on any atom is -0.598 e. The molecular formula is C12H19FN2O2S. The maximum atomic E-state index is 12.5. The molecule has 0 saturated heterocycles. The van der Waals surface area contributed by atoms with Crippen LogP contribution >= 0.6 is 0 Å². The summed E-state index contributed by atoms with van der Waals surface area (Å²) in [4.78, 5) is 0. The molecule has 3 N–H and O–H groups in total. The smallest absolute Gasteiger partial charge is 0.115 e. The Labute approximate surface area is 110 Å². The standard InChI is InChI=1S/C12H19FN2O2S/c1-17-12(11(14)7-13)10-5-3-9(4-6-10)8-15-18(2)16/h3-6,11-12,15H,7-8,14H2,1-2H3. The first-order valence-electron chi connectivity index (χ1n) is 5.58. The summed E-state index contributed by atoms with van der Waals surface area (Å²) in [6.07, 6.45) is 1.13. The molecule has 0 aliphatic heterocycles. The van der Waals surface area contributed by atoms with Crippen LogP contribution in [0.25, 0.3) is 0 Å². The molecule has 0 bridgehead atoms. The number of hydrogen-bond acceptors (Lipinski definition) is 4. The number of ether oxygens (including phenoxy) is 1. The average molecular weight is 274 g/mol. The lowest BCUT2D eigenvalue weighted by Gasteiger charge is -2.20. The molecule has 1 aromatic rings. The van der Waals surface area contributed by atoms with E-state index in [4.69, 9.17) is 10.5 Å². The van der Waals surface area contributed by atoms with Crippen LogP contribution in [0.3, 0.4) is 0 Å². The van der Waals surface area contributed by atoms with Crippen LogP contribution in [0.4, 0.5) is 4.39 Å². The Balaban J connectivity index is 2.68. The van der Waals surface area contributed by atoms with Crippen LogP contribution in [0.2, 0.25) is 0 Å². The van der Waals surface area contributed by atoms with E-state index in [9.17, 15) is 8.94 Å². The Morgan fingerprint density at radius 2 is 2.06 bits per heavy atom. The van der Waals surface area contributed by atoms with E-state index in [2.05, 4.69) is 4.72 Å². The second-order valence-corrected chi connectivity index (χ2v) is 5.19. The zero-order valence-corrected chi connectivity index (χ0v) is 11.4. The summed E-state index contributed by atoms with van der Waals surface area (Å²) in [5.41, 5.74) is 7.48. The predicted molar refractivity (Wildman–Crippen MR) is 71.0 cm³/mol. The van der Waals surface area contributed by atoms with E-state index in [-0.39, 0.29) is 0 Å². The molecule has 0 spiro atoms. The number of nitrogens with one attached hydrogen (secondary N) is 1. The number of hydrogen-bond donors (Lipinski definition) is 2. The second kappa shape index (κ2) is 7.70. The molecule has 0 aromatic heterocycles. The van der Waals surface area contributed by atoms with Gasteiger partial charge in [-0.2, -0.15) is 0 Å². The minimum absolute atomic E-state index is 0.447. The summed E-state index contributed by atoms with van der Waals surface area (Å²) in [5, 5.41) is 0. The highest BCUT2D eigenvalue weighted by atomic mass is 32.2. The molecule has 4 nitrogen and oxygen atoms in total. The van der Waals surface area contributed by atoms with Crippen molar-refractivity contribution in [3.63, 3.8) is 0 Å². The first kappa shape index (κ1) is 15.4. The summed E-state index contributed by atoms with van der Waals surface area (Å²) >= 11 is -1.03.